The normalized spacial score (nSPS) is 14.5. The Morgan fingerprint density at radius 3 is 2.04 bits per heavy atom. The molecule has 0 amide bonds. The number of para-hydroxylation sites is 1. The van der Waals surface area contributed by atoms with Gasteiger partial charge in [-0.25, -0.2) is 0 Å². The highest BCUT2D eigenvalue weighted by Crippen LogP contribution is 2.43. The highest BCUT2D eigenvalue weighted by atomic mass is 16.5. The van der Waals surface area contributed by atoms with Gasteiger partial charge in [-0.05, 0) is 23.6 Å². The van der Waals surface area contributed by atoms with E-state index in [-0.39, 0.29) is 0 Å². The van der Waals surface area contributed by atoms with Crippen LogP contribution in [0.4, 0.5) is 0 Å². The molecule has 2 aromatic carbocycles. The highest BCUT2D eigenvalue weighted by Gasteiger charge is 2.52. The second-order valence-corrected chi connectivity index (χ2v) is 5.66. The van der Waals surface area contributed by atoms with Gasteiger partial charge in [-0.2, -0.15) is 5.26 Å². The van der Waals surface area contributed by atoms with Crippen molar-refractivity contribution in [1.82, 2.24) is 0 Å². The Balaban J connectivity index is 2.57. The first-order chi connectivity index (χ1) is 11.0. The maximum Gasteiger partial charge on any atom is 0.328 e. The lowest BCUT2D eigenvalue weighted by molar-refractivity contribution is -0.154. The highest BCUT2D eigenvalue weighted by molar-refractivity contribution is 5.79. The molecule has 118 valence electrons. The zero-order valence-electron chi connectivity index (χ0n) is 13.1. The zero-order valence-corrected chi connectivity index (χ0v) is 13.1. The van der Waals surface area contributed by atoms with Crippen LogP contribution in [-0.4, -0.2) is 11.1 Å². The van der Waals surface area contributed by atoms with Crippen LogP contribution in [0, 0.1) is 22.7 Å². The number of hydrogen-bond donors (Lipinski definition) is 1. The Morgan fingerprint density at radius 2 is 1.61 bits per heavy atom. The largest absolute Gasteiger partial charge is 0.483 e. The van der Waals surface area contributed by atoms with E-state index in [0.29, 0.717) is 11.3 Å². The molecule has 0 heterocycles. The summed E-state index contributed by atoms with van der Waals surface area (Å²) in [5.74, 6) is -1.08. The molecule has 1 N–H and O–H groups in total. The Labute approximate surface area is 136 Å². The average Bonchev–Trinajstić information content (AvgIpc) is 2.56. The molecule has 23 heavy (non-hydrogen) atoms. The number of nitriles is 1. The van der Waals surface area contributed by atoms with Gasteiger partial charge < -0.3 is 9.84 Å². The third-order valence-corrected chi connectivity index (χ3v) is 3.96. The van der Waals surface area contributed by atoms with Gasteiger partial charge in [0, 0.05) is 0 Å². The number of ether oxygens (including phenoxy) is 1. The molecule has 4 nitrogen and oxygen atoms in total. The number of carboxylic acids is 1. The fourth-order valence-electron chi connectivity index (χ4n) is 2.58. The Bertz CT molecular complexity index is 692. The molecule has 0 saturated carbocycles. The van der Waals surface area contributed by atoms with E-state index in [1.54, 1.807) is 50.2 Å². The second kappa shape index (κ2) is 6.97. The van der Waals surface area contributed by atoms with Crippen LogP contribution in [0.1, 0.15) is 25.5 Å². The lowest BCUT2D eigenvalue weighted by atomic mass is 9.71. The van der Waals surface area contributed by atoms with Gasteiger partial charge in [0.2, 0.25) is 0 Å². The molecule has 0 spiro atoms. The molecule has 4 heteroatoms. The lowest BCUT2D eigenvalue weighted by Gasteiger charge is -2.35. The molecular weight excluding hydrogens is 290 g/mol. The minimum atomic E-state index is -1.68. The lowest BCUT2D eigenvalue weighted by Crippen LogP contribution is -2.43. The summed E-state index contributed by atoms with van der Waals surface area (Å²) in [5.41, 5.74) is -1.02. The van der Waals surface area contributed by atoms with Crippen molar-refractivity contribution >= 4 is 5.97 Å². The van der Waals surface area contributed by atoms with Gasteiger partial charge >= 0.3 is 5.97 Å². The summed E-state index contributed by atoms with van der Waals surface area (Å²) in [4.78, 5) is 12.0. The van der Waals surface area contributed by atoms with Crippen molar-refractivity contribution in [1.29, 1.82) is 5.26 Å². The summed E-state index contributed by atoms with van der Waals surface area (Å²) in [6, 6.07) is 20.0. The number of aliphatic carboxylic acids is 1. The Kier molecular flexibility index (Phi) is 5.02. The molecule has 0 aromatic heterocycles. The van der Waals surface area contributed by atoms with E-state index in [1.807, 2.05) is 30.3 Å². The van der Waals surface area contributed by atoms with Crippen LogP contribution in [0.3, 0.4) is 0 Å². The van der Waals surface area contributed by atoms with Crippen LogP contribution in [-0.2, 0) is 4.79 Å². The maximum atomic E-state index is 12.0. The molecule has 0 radical (unpaired) electrons. The minimum absolute atomic E-state index is 0.432. The van der Waals surface area contributed by atoms with Gasteiger partial charge in [-0.3, -0.25) is 4.79 Å². The van der Waals surface area contributed by atoms with Crippen molar-refractivity contribution in [3.8, 4) is 11.8 Å². The Morgan fingerprint density at radius 1 is 1.09 bits per heavy atom. The van der Waals surface area contributed by atoms with Crippen LogP contribution in [0.25, 0.3) is 0 Å². The SMILES string of the molecule is CC(C)C(C#N)(C(=O)O)C(Oc1ccccc1)c1ccccc1. The summed E-state index contributed by atoms with van der Waals surface area (Å²) in [6.45, 7) is 3.45. The molecule has 0 fully saturated rings. The predicted molar refractivity (Wildman–Crippen MR) is 86.8 cm³/mol. The summed E-state index contributed by atoms with van der Waals surface area (Å²) in [7, 11) is 0. The number of benzene rings is 2. The van der Waals surface area contributed by atoms with Gasteiger partial charge in [0.1, 0.15) is 5.75 Å². The molecule has 2 unspecified atom stereocenters. The summed E-state index contributed by atoms with van der Waals surface area (Å²) < 4.78 is 5.98. The van der Waals surface area contributed by atoms with Gasteiger partial charge in [0.25, 0.3) is 0 Å². The third kappa shape index (κ3) is 3.19. The number of rotatable bonds is 6. The van der Waals surface area contributed by atoms with E-state index in [0.717, 1.165) is 0 Å². The molecule has 0 aliphatic carbocycles. The van der Waals surface area contributed by atoms with Crippen molar-refractivity contribution in [3.63, 3.8) is 0 Å². The van der Waals surface area contributed by atoms with E-state index >= 15 is 0 Å². The third-order valence-electron chi connectivity index (χ3n) is 3.96. The smallest absolute Gasteiger partial charge is 0.328 e. The quantitative estimate of drug-likeness (QED) is 0.873. The van der Waals surface area contributed by atoms with E-state index < -0.39 is 23.4 Å². The molecule has 0 bridgehead atoms. The monoisotopic (exact) mass is 309 g/mol. The summed E-state index contributed by atoms with van der Waals surface area (Å²) in [5, 5.41) is 19.5. The van der Waals surface area contributed by atoms with Crippen LogP contribution in [0.2, 0.25) is 0 Å². The van der Waals surface area contributed by atoms with Crippen molar-refractivity contribution in [2.75, 3.05) is 0 Å². The molecule has 0 saturated heterocycles. The molecule has 2 aromatic rings. The number of nitrogens with zero attached hydrogens (tertiary/aromatic N) is 1. The maximum absolute atomic E-state index is 12.0. The number of carbonyl (C=O) groups is 1. The minimum Gasteiger partial charge on any atom is -0.483 e. The topological polar surface area (TPSA) is 70.3 Å². The molecule has 2 rings (SSSR count). The second-order valence-electron chi connectivity index (χ2n) is 5.66. The molecule has 0 aliphatic heterocycles. The fourth-order valence-corrected chi connectivity index (χ4v) is 2.58. The van der Waals surface area contributed by atoms with Crippen LogP contribution >= 0.6 is 0 Å². The van der Waals surface area contributed by atoms with Gasteiger partial charge in [0.05, 0.1) is 6.07 Å². The van der Waals surface area contributed by atoms with Gasteiger partial charge in [0.15, 0.2) is 11.5 Å². The summed E-state index contributed by atoms with van der Waals surface area (Å²) in [6.07, 6.45) is -0.909. The number of carboxylic acid groups (broad SMARTS) is 1. The Hall–Kier alpha value is -2.80. The van der Waals surface area contributed by atoms with Gasteiger partial charge in [-0.15, -0.1) is 0 Å². The fraction of sp³-hybridized carbons (Fsp3) is 0.263. The predicted octanol–water partition coefficient (Wildman–Crippen LogP) is 4.06. The van der Waals surface area contributed by atoms with Gasteiger partial charge in [-0.1, -0.05) is 62.4 Å². The average molecular weight is 309 g/mol. The van der Waals surface area contributed by atoms with Crippen LogP contribution < -0.4 is 4.74 Å². The standard InChI is InChI=1S/C19H19NO3/c1-14(2)19(13-20,18(21)22)17(15-9-5-3-6-10-15)23-16-11-7-4-8-12-16/h3-12,14,17H,1-2H3,(H,21,22). The van der Waals surface area contributed by atoms with Crippen LogP contribution in [0.15, 0.2) is 60.7 Å². The van der Waals surface area contributed by atoms with E-state index in [1.165, 1.54) is 0 Å². The first kappa shape index (κ1) is 16.6. The van der Waals surface area contributed by atoms with E-state index in [2.05, 4.69) is 0 Å². The molecule has 2 atom stereocenters. The van der Waals surface area contributed by atoms with E-state index in [9.17, 15) is 15.2 Å². The van der Waals surface area contributed by atoms with Crippen molar-refractivity contribution in [2.24, 2.45) is 11.3 Å². The first-order valence-corrected chi connectivity index (χ1v) is 7.43. The van der Waals surface area contributed by atoms with E-state index in [4.69, 9.17) is 4.74 Å². The van der Waals surface area contributed by atoms with Crippen molar-refractivity contribution < 1.29 is 14.6 Å². The molecular formula is C19H19NO3. The van der Waals surface area contributed by atoms with Crippen LogP contribution in [0.5, 0.6) is 5.75 Å². The molecule has 0 aliphatic rings. The van der Waals surface area contributed by atoms with Crippen molar-refractivity contribution in [2.45, 2.75) is 20.0 Å². The summed E-state index contributed by atoms with van der Waals surface area (Å²) >= 11 is 0. The van der Waals surface area contributed by atoms with Crippen molar-refractivity contribution in [3.05, 3.63) is 66.2 Å². The first-order valence-electron chi connectivity index (χ1n) is 7.43. The zero-order chi connectivity index (χ0) is 16.9. The number of hydrogen-bond acceptors (Lipinski definition) is 3.